The monoisotopic (exact) mass is 313 g/mol. The van der Waals surface area contributed by atoms with Crippen molar-refractivity contribution >= 4 is 0 Å². The molecule has 3 heteroatoms. The average Bonchev–Trinajstić information content (AvgIpc) is 3.02. The van der Waals surface area contributed by atoms with E-state index in [1.165, 1.54) is 71.4 Å². The van der Waals surface area contributed by atoms with Gasteiger partial charge in [0.25, 0.3) is 0 Å². The summed E-state index contributed by atoms with van der Waals surface area (Å²) in [4.78, 5) is 8.05. The van der Waals surface area contributed by atoms with Crippen LogP contribution in [0.5, 0.6) is 0 Å². The maximum Gasteiger partial charge on any atom is 0.0220 e. The minimum atomic E-state index is 0.756. The molecule has 3 nitrogen and oxygen atoms in total. The molecule has 2 fully saturated rings. The summed E-state index contributed by atoms with van der Waals surface area (Å²) in [7, 11) is 2.32. The molecule has 0 N–H and O–H groups in total. The topological polar surface area (TPSA) is 9.72 Å². The minimum absolute atomic E-state index is 0.756. The van der Waals surface area contributed by atoms with Gasteiger partial charge in [-0.15, -0.1) is 0 Å². The number of hydrogen-bond donors (Lipinski definition) is 0. The molecule has 0 saturated carbocycles. The lowest BCUT2D eigenvalue weighted by molar-refractivity contribution is 0.0674. The van der Waals surface area contributed by atoms with Crippen LogP contribution < -0.4 is 0 Å². The predicted octanol–water partition coefficient (Wildman–Crippen LogP) is 2.26. The number of fused-ring (bicyclic) bond motifs is 1. The van der Waals surface area contributed by atoms with Gasteiger partial charge in [0.15, 0.2) is 0 Å². The molecule has 3 aliphatic rings. The van der Waals surface area contributed by atoms with E-state index >= 15 is 0 Å². The van der Waals surface area contributed by atoms with Crippen LogP contribution in [0, 0.1) is 0 Å². The Kier molecular flexibility index (Phi) is 4.70. The van der Waals surface area contributed by atoms with Crippen LogP contribution >= 0.6 is 0 Å². The first-order chi connectivity index (χ1) is 11.3. The lowest BCUT2D eigenvalue weighted by Gasteiger charge is -2.41. The van der Waals surface area contributed by atoms with Gasteiger partial charge in [-0.1, -0.05) is 30.7 Å². The van der Waals surface area contributed by atoms with Gasteiger partial charge < -0.3 is 4.90 Å². The second kappa shape index (κ2) is 6.92. The van der Waals surface area contributed by atoms with Crippen molar-refractivity contribution in [1.82, 2.24) is 14.7 Å². The highest BCUT2D eigenvalue weighted by molar-refractivity contribution is 5.33. The Labute approximate surface area is 141 Å². The van der Waals surface area contributed by atoms with Crippen molar-refractivity contribution in [3.05, 3.63) is 35.4 Å². The first-order valence-corrected chi connectivity index (χ1v) is 9.53. The van der Waals surface area contributed by atoms with Crippen LogP contribution in [-0.4, -0.2) is 73.1 Å². The Morgan fingerprint density at radius 3 is 2.26 bits per heavy atom. The molecule has 2 saturated heterocycles. The zero-order valence-corrected chi connectivity index (χ0v) is 14.6. The third-order valence-electron chi connectivity index (χ3n) is 6.34. The van der Waals surface area contributed by atoms with Crippen molar-refractivity contribution in [2.24, 2.45) is 0 Å². The van der Waals surface area contributed by atoms with Gasteiger partial charge in [-0.2, -0.15) is 0 Å². The Morgan fingerprint density at radius 1 is 0.913 bits per heavy atom. The summed E-state index contributed by atoms with van der Waals surface area (Å²) in [6, 6.07) is 10.6. The van der Waals surface area contributed by atoms with Gasteiger partial charge in [0.1, 0.15) is 0 Å². The van der Waals surface area contributed by atoms with Crippen LogP contribution in [0.4, 0.5) is 0 Å². The van der Waals surface area contributed by atoms with E-state index in [1.54, 1.807) is 11.1 Å². The maximum atomic E-state index is 2.75. The normalized spacial score (nSPS) is 28.1. The molecule has 1 aromatic rings. The van der Waals surface area contributed by atoms with Gasteiger partial charge in [-0.3, -0.25) is 9.80 Å². The number of piperazine rings is 1. The molecule has 0 spiro atoms. The molecule has 1 atom stereocenters. The van der Waals surface area contributed by atoms with Crippen molar-refractivity contribution in [2.75, 3.05) is 46.3 Å². The quantitative estimate of drug-likeness (QED) is 0.847. The zero-order valence-electron chi connectivity index (χ0n) is 14.6. The fourth-order valence-corrected chi connectivity index (χ4v) is 4.78. The van der Waals surface area contributed by atoms with E-state index in [9.17, 15) is 0 Å². The van der Waals surface area contributed by atoms with Gasteiger partial charge in [-0.25, -0.2) is 0 Å². The standard InChI is InChI=1S/C20H31N3/c1-21-9-5-4-8-19(21)16-22-10-12-23(13-11-22)20-14-17-6-2-3-7-18(17)15-20/h2-3,6-7,19-20H,4-5,8-16H2,1H3/t19-/m1/s1. The molecule has 0 radical (unpaired) electrons. The highest BCUT2D eigenvalue weighted by Crippen LogP contribution is 2.26. The number of rotatable bonds is 3. The van der Waals surface area contributed by atoms with Gasteiger partial charge in [0, 0.05) is 44.8 Å². The summed E-state index contributed by atoms with van der Waals surface area (Å²) in [5.74, 6) is 0. The van der Waals surface area contributed by atoms with E-state index < -0.39 is 0 Å². The highest BCUT2D eigenvalue weighted by atomic mass is 15.3. The number of benzene rings is 1. The van der Waals surface area contributed by atoms with Gasteiger partial charge in [0.2, 0.25) is 0 Å². The van der Waals surface area contributed by atoms with Gasteiger partial charge in [-0.05, 0) is 50.4 Å². The molecular formula is C20H31N3. The largest absolute Gasteiger partial charge is 0.302 e. The van der Waals surface area contributed by atoms with E-state index in [1.807, 2.05) is 0 Å². The SMILES string of the molecule is CN1CCCC[C@@H]1CN1CCN(C2Cc3ccccc3C2)CC1. The molecule has 0 aromatic heterocycles. The molecule has 126 valence electrons. The van der Waals surface area contributed by atoms with E-state index in [4.69, 9.17) is 0 Å². The Morgan fingerprint density at radius 2 is 1.61 bits per heavy atom. The summed E-state index contributed by atoms with van der Waals surface area (Å²) < 4.78 is 0. The Balaban J connectivity index is 1.27. The predicted molar refractivity (Wildman–Crippen MR) is 95.9 cm³/mol. The number of likely N-dealkylation sites (tertiary alicyclic amines) is 1. The summed E-state index contributed by atoms with van der Waals surface area (Å²) in [6.45, 7) is 7.62. The molecule has 23 heavy (non-hydrogen) atoms. The summed E-state index contributed by atoms with van der Waals surface area (Å²) in [5.41, 5.74) is 3.17. The third-order valence-corrected chi connectivity index (χ3v) is 6.34. The van der Waals surface area contributed by atoms with E-state index in [2.05, 4.69) is 46.0 Å². The van der Waals surface area contributed by atoms with Crippen LogP contribution in [0.15, 0.2) is 24.3 Å². The summed E-state index contributed by atoms with van der Waals surface area (Å²) >= 11 is 0. The molecule has 4 rings (SSSR count). The fourth-order valence-electron chi connectivity index (χ4n) is 4.78. The van der Waals surface area contributed by atoms with Crippen LogP contribution in [0.1, 0.15) is 30.4 Å². The molecule has 0 amide bonds. The van der Waals surface area contributed by atoms with Crippen molar-refractivity contribution in [1.29, 1.82) is 0 Å². The smallest absolute Gasteiger partial charge is 0.0220 e. The Bertz CT molecular complexity index is 496. The van der Waals surface area contributed by atoms with Gasteiger partial charge in [0.05, 0.1) is 0 Å². The first-order valence-electron chi connectivity index (χ1n) is 9.53. The minimum Gasteiger partial charge on any atom is -0.302 e. The number of likely N-dealkylation sites (N-methyl/N-ethyl adjacent to an activating group) is 1. The first kappa shape index (κ1) is 15.6. The third kappa shape index (κ3) is 3.47. The summed E-state index contributed by atoms with van der Waals surface area (Å²) in [5, 5.41) is 0. The average molecular weight is 313 g/mol. The Hall–Kier alpha value is -0.900. The molecule has 1 aromatic carbocycles. The van der Waals surface area contributed by atoms with E-state index in [0.717, 1.165) is 12.1 Å². The fraction of sp³-hybridized carbons (Fsp3) is 0.700. The van der Waals surface area contributed by atoms with Crippen LogP contribution in [0.2, 0.25) is 0 Å². The zero-order chi connectivity index (χ0) is 15.6. The molecule has 0 bridgehead atoms. The second-order valence-corrected chi connectivity index (χ2v) is 7.80. The highest BCUT2D eigenvalue weighted by Gasteiger charge is 2.30. The molecule has 2 heterocycles. The molecule has 2 aliphatic heterocycles. The number of piperidine rings is 1. The van der Waals surface area contributed by atoms with E-state index in [0.29, 0.717) is 0 Å². The lowest BCUT2D eigenvalue weighted by atomic mass is 10.0. The van der Waals surface area contributed by atoms with E-state index in [-0.39, 0.29) is 0 Å². The van der Waals surface area contributed by atoms with Crippen molar-refractivity contribution in [2.45, 2.75) is 44.2 Å². The number of hydrogen-bond acceptors (Lipinski definition) is 3. The summed E-state index contributed by atoms with van der Waals surface area (Å²) in [6.07, 6.45) is 6.75. The maximum absolute atomic E-state index is 2.75. The van der Waals surface area contributed by atoms with Crippen molar-refractivity contribution in [3.63, 3.8) is 0 Å². The van der Waals surface area contributed by atoms with Crippen LogP contribution in [0.3, 0.4) is 0 Å². The van der Waals surface area contributed by atoms with Crippen LogP contribution in [-0.2, 0) is 12.8 Å². The molecule has 1 aliphatic carbocycles. The molecular weight excluding hydrogens is 282 g/mol. The van der Waals surface area contributed by atoms with Gasteiger partial charge >= 0.3 is 0 Å². The van der Waals surface area contributed by atoms with Crippen LogP contribution in [0.25, 0.3) is 0 Å². The number of nitrogens with zero attached hydrogens (tertiary/aromatic N) is 3. The van der Waals surface area contributed by atoms with Crippen molar-refractivity contribution in [3.8, 4) is 0 Å². The van der Waals surface area contributed by atoms with Crippen molar-refractivity contribution < 1.29 is 0 Å². The second-order valence-electron chi connectivity index (χ2n) is 7.80. The lowest BCUT2D eigenvalue weighted by Crippen LogP contribution is -2.54. The molecule has 0 unspecified atom stereocenters.